The average molecular weight is 406 g/mol. The molecule has 0 aromatic heterocycles. The van der Waals surface area contributed by atoms with Crippen LogP contribution in [-0.4, -0.2) is 42.9 Å². The minimum atomic E-state index is -0.155. The van der Waals surface area contributed by atoms with E-state index in [1.165, 1.54) is 12.1 Å². The molecule has 2 atom stereocenters. The molecule has 2 aromatic carbocycles. The number of amides is 2. The topological polar surface area (TPSA) is 52.7 Å². The van der Waals surface area contributed by atoms with Gasteiger partial charge in [0.1, 0.15) is 0 Å². The summed E-state index contributed by atoms with van der Waals surface area (Å²) in [6.07, 6.45) is 3.32. The molecule has 158 valence electrons. The average Bonchev–Trinajstić information content (AvgIpc) is 3.21. The summed E-state index contributed by atoms with van der Waals surface area (Å²) in [6.45, 7) is 5.72. The molecule has 2 fully saturated rings. The molecule has 0 spiro atoms. The molecule has 5 heteroatoms. The zero-order chi connectivity index (χ0) is 20.9. The van der Waals surface area contributed by atoms with Gasteiger partial charge in [-0.25, -0.2) is 0 Å². The molecule has 0 saturated carbocycles. The predicted octanol–water partition coefficient (Wildman–Crippen LogP) is 3.95. The van der Waals surface area contributed by atoms with E-state index in [-0.39, 0.29) is 17.7 Å². The maximum Gasteiger partial charge on any atom is 0.229 e. The van der Waals surface area contributed by atoms with Crippen molar-refractivity contribution in [3.8, 4) is 0 Å². The highest BCUT2D eigenvalue weighted by Crippen LogP contribution is 2.25. The third-order valence-corrected chi connectivity index (χ3v) is 6.27. The molecule has 2 aliphatic rings. The van der Waals surface area contributed by atoms with Gasteiger partial charge in [-0.15, -0.1) is 0 Å². The third-order valence-electron chi connectivity index (χ3n) is 6.27. The minimum Gasteiger partial charge on any atom is -0.371 e. The van der Waals surface area contributed by atoms with Crippen molar-refractivity contribution in [2.45, 2.75) is 32.6 Å². The Morgan fingerprint density at radius 2 is 1.73 bits per heavy atom. The zero-order valence-electron chi connectivity index (χ0n) is 17.7. The Morgan fingerprint density at radius 3 is 2.43 bits per heavy atom. The summed E-state index contributed by atoms with van der Waals surface area (Å²) in [7, 11) is 0. The lowest BCUT2D eigenvalue weighted by molar-refractivity contribution is -0.133. The standard InChI is InChI=1S/C25H31N3O2/c1-19-13-15-27(17-19)23-11-9-22(10-12-23)26-25(30)21-8-5-14-28(18-21)24(29)16-20-6-3-2-4-7-20/h2-4,6-7,9-12,19,21H,5,8,13-18H2,1H3,(H,26,30). The van der Waals surface area contributed by atoms with Crippen LogP contribution in [0, 0.1) is 11.8 Å². The van der Waals surface area contributed by atoms with Crippen LogP contribution >= 0.6 is 0 Å². The predicted molar refractivity (Wildman–Crippen MR) is 121 cm³/mol. The Bertz CT molecular complexity index is 866. The summed E-state index contributed by atoms with van der Waals surface area (Å²) >= 11 is 0. The highest BCUT2D eigenvalue weighted by Gasteiger charge is 2.28. The lowest BCUT2D eigenvalue weighted by atomic mass is 9.96. The first-order valence-corrected chi connectivity index (χ1v) is 11.1. The van der Waals surface area contributed by atoms with Gasteiger partial charge in [0.2, 0.25) is 11.8 Å². The first kappa shape index (κ1) is 20.5. The molecule has 0 aliphatic carbocycles. The van der Waals surface area contributed by atoms with Gasteiger partial charge in [-0.1, -0.05) is 37.3 Å². The molecular weight excluding hydrogens is 374 g/mol. The fraction of sp³-hybridized carbons (Fsp3) is 0.440. The number of nitrogens with one attached hydrogen (secondary N) is 1. The summed E-state index contributed by atoms with van der Waals surface area (Å²) in [5.74, 6) is 0.693. The van der Waals surface area contributed by atoms with Crippen LogP contribution in [0.15, 0.2) is 54.6 Å². The Balaban J connectivity index is 1.31. The number of nitrogens with zero attached hydrogens (tertiary/aromatic N) is 2. The summed E-state index contributed by atoms with van der Waals surface area (Å²) < 4.78 is 0. The van der Waals surface area contributed by atoms with Gasteiger partial charge in [-0.05, 0) is 55.0 Å². The van der Waals surface area contributed by atoms with E-state index in [2.05, 4.69) is 29.3 Å². The van der Waals surface area contributed by atoms with E-state index >= 15 is 0 Å². The van der Waals surface area contributed by atoms with Gasteiger partial charge in [-0.3, -0.25) is 9.59 Å². The second-order valence-corrected chi connectivity index (χ2v) is 8.72. The molecule has 2 aromatic rings. The van der Waals surface area contributed by atoms with Gasteiger partial charge in [0.25, 0.3) is 0 Å². The van der Waals surface area contributed by atoms with Crippen LogP contribution in [0.3, 0.4) is 0 Å². The van der Waals surface area contributed by atoms with Crippen LogP contribution in [0.25, 0.3) is 0 Å². The van der Waals surface area contributed by atoms with Crippen LogP contribution in [0.5, 0.6) is 0 Å². The Morgan fingerprint density at radius 1 is 0.967 bits per heavy atom. The van der Waals surface area contributed by atoms with Crippen molar-refractivity contribution in [1.29, 1.82) is 0 Å². The first-order chi connectivity index (χ1) is 14.6. The molecule has 2 amide bonds. The molecule has 30 heavy (non-hydrogen) atoms. The Hall–Kier alpha value is -2.82. The van der Waals surface area contributed by atoms with Gasteiger partial charge in [0, 0.05) is 37.6 Å². The maximum absolute atomic E-state index is 12.8. The number of hydrogen-bond donors (Lipinski definition) is 1. The van der Waals surface area contributed by atoms with Crippen LogP contribution in [0.2, 0.25) is 0 Å². The van der Waals surface area contributed by atoms with E-state index in [0.717, 1.165) is 49.6 Å². The molecule has 5 nitrogen and oxygen atoms in total. The Kier molecular flexibility index (Phi) is 6.36. The number of benzene rings is 2. The highest BCUT2D eigenvalue weighted by molar-refractivity contribution is 5.93. The first-order valence-electron chi connectivity index (χ1n) is 11.1. The zero-order valence-corrected chi connectivity index (χ0v) is 17.7. The lowest BCUT2D eigenvalue weighted by Gasteiger charge is -2.32. The number of likely N-dealkylation sites (tertiary alicyclic amines) is 1. The van der Waals surface area contributed by atoms with Crippen molar-refractivity contribution >= 4 is 23.2 Å². The summed E-state index contributed by atoms with van der Waals surface area (Å²) in [5.41, 5.74) is 3.05. The SMILES string of the molecule is CC1CCN(c2ccc(NC(=O)C3CCCN(C(=O)Cc4ccccc4)C3)cc2)C1. The molecule has 2 heterocycles. The maximum atomic E-state index is 12.8. The van der Waals surface area contributed by atoms with Gasteiger partial charge in [0.15, 0.2) is 0 Å². The molecule has 2 aliphatic heterocycles. The van der Waals surface area contributed by atoms with Gasteiger partial charge in [0.05, 0.1) is 12.3 Å². The summed E-state index contributed by atoms with van der Waals surface area (Å²) in [5, 5.41) is 3.05. The van der Waals surface area contributed by atoms with E-state index in [0.29, 0.717) is 13.0 Å². The highest BCUT2D eigenvalue weighted by atomic mass is 16.2. The van der Waals surface area contributed by atoms with Crippen LogP contribution in [0.4, 0.5) is 11.4 Å². The van der Waals surface area contributed by atoms with Crippen LogP contribution in [-0.2, 0) is 16.0 Å². The monoisotopic (exact) mass is 405 g/mol. The van der Waals surface area contributed by atoms with Gasteiger partial charge >= 0.3 is 0 Å². The van der Waals surface area contributed by atoms with Gasteiger partial charge < -0.3 is 15.1 Å². The van der Waals surface area contributed by atoms with Crippen molar-refractivity contribution in [3.63, 3.8) is 0 Å². The van der Waals surface area contributed by atoms with E-state index in [1.807, 2.05) is 47.4 Å². The quantitative estimate of drug-likeness (QED) is 0.819. The van der Waals surface area contributed by atoms with Crippen molar-refractivity contribution in [3.05, 3.63) is 60.2 Å². The molecule has 4 rings (SSSR count). The number of anilines is 2. The van der Waals surface area contributed by atoms with E-state index in [9.17, 15) is 9.59 Å². The number of carbonyl (C=O) groups excluding carboxylic acids is 2. The fourth-order valence-corrected chi connectivity index (χ4v) is 4.47. The normalized spacial score (nSPS) is 21.5. The summed E-state index contributed by atoms with van der Waals surface area (Å²) in [6, 6.07) is 17.9. The summed E-state index contributed by atoms with van der Waals surface area (Å²) in [4.78, 5) is 29.7. The van der Waals surface area contributed by atoms with Crippen molar-refractivity contribution in [1.82, 2.24) is 4.90 Å². The van der Waals surface area contributed by atoms with Crippen molar-refractivity contribution < 1.29 is 9.59 Å². The van der Waals surface area contributed by atoms with Crippen molar-refractivity contribution in [2.24, 2.45) is 11.8 Å². The molecule has 2 saturated heterocycles. The fourth-order valence-electron chi connectivity index (χ4n) is 4.47. The molecule has 2 unspecified atom stereocenters. The van der Waals surface area contributed by atoms with E-state index < -0.39 is 0 Å². The smallest absolute Gasteiger partial charge is 0.229 e. The molecule has 0 bridgehead atoms. The number of hydrogen-bond acceptors (Lipinski definition) is 3. The second kappa shape index (κ2) is 9.33. The number of piperidine rings is 1. The second-order valence-electron chi connectivity index (χ2n) is 8.72. The van der Waals surface area contributed by atoms with E-state index in [4.69, 9.17) is 0 Å². The van der Waals surface area contributed by atoms with Crippen LogP contribution < -0.4 is 10.2 Å². The van der Waals surface area contributed by atoms with Crippen molar-refractivity contribution in [2.75, 3.05) is 36.4 Å². The number of carbonyl (C=O) groups is 2. The Labute approximate surface area is 179 Å². The molecular formula is C25H31N3O2. The molecule has 0 radical (unpaired) electrons. The van der Waals surface area contributed by atoms with Crippen LogP contribution in [0.1, 0.15) is 31.7 Å². The van der Waals surface area contributed by atoms with Gasteiger partial charge in [-0.2, -0.15) is 0 Å². The third kappa shape index (κ3) is 5.02. The lowest BCUT2D eigenvalue weighted by Crippen LogP contribution is -2.44. The minimum absolute atomic E-state index is 0.00903. The largest absolute Gasteiger partial charge is 0.371 e. The molecule has 1 N–H and O–H groups in total. The van der Waals surface area contributed by atoms with E-state index in [1.54, 1.807) is 0 Å². The number of rotatable bonds is 5.